The number of urea groups is 1. The van der Waals surface area contributed by atoms with E-state index in [-0.39, 0.29) is 11.9 Å². The first-order valence-electron chi connectivity index (χ1n) is 7.26. The van der Waals surface area contributed by atoms with E-state index in [9.17, 15) is 9.59 Å². The number of aryl methyl sites for hydroxylation is 2. The molecule has 0 bridgehead atoms. The van der Waals surface area contributed by atoms with Gasteiger partial charge in [-0.05, 0) is 42.6 Å². The van der Waals surface area contributed by atoms with E-state index in [1.165, 1.54) is 0 Å². The molecule has 0 aromatic carbocycles. The van der Waals surface area contributed by atoms with Gasteiger partial charge in [-0.2, -0.15) is 5.10 Å². The molecule has 6 nitrogen and oxygen atoms in total. The van der Waals surface area contributed by atoms with Crippen molar-refractivity contribution in [2.75, 3.05) is 0 Å². The van der Waals surface area contributed by atoms with E-state index in [2.05, 4.69) is 26.3 Å². The Morgan fingerprint density at radius 3 is 2.38 bits per heavy atom. The molecule has 1 fully saturated rings. The molecule has 3 amide bonds. The lowest BCUT2D eigenvalue weighted by molar-refractivity contribution is -0.127. The summed E-state index contributed by atoms with van der Waals surface area (Å²) in [5.41, 5.74) is 1.05. The number of aromatic nitrogens is 2. The van der Waals surface area contributed by atoms with Crippen molar-refractivity contribution in [3.63, 3.8) is 0 Å². The van der Waals surface area contributed by atoms with Crippen molar-refractivity contribution in [2.24, 2.45) is 0 Å². The lowest BCUT2D eigenvalue weighted by Gasteiger charge is -2.33. The molecule has 1 aromatic rings. The molecular weight excluding hydrogens is 336 g/mol. The normalized spacial score (nSPS) is 17.5. The second kappa shape index (κ2) is 5.79. The van der Waals surface area contributed by atoms with Gasteiger partial charge in [-0.25, -0.2) is 4.79 Å². The van der Waals surface area contributed by atoms with Crippen LogP contribution in [0.1, 0.15) is 45.0 Å². The number of amides is 3. The highest BCUT2D eigenvalue weighted by molar-refractivity contribution is 9.10. The molecule has 7 heteroatoms. The van der Waals surface area contributed by atoms with Crippen LogP contribution in [-0.4, -0.2) is 32.2 Å². The van der Waals surface area contributed by atoms with Crippen LogP contribution in [0.3, 0.4) is 0 Å². The summed E-state index contributed by atoms with van der Waals surface area (Å²) in [6.07, 6.45) is 1.19. The van der Waals surface area contributed by atoms with Gasteiger partial charge in [-0.1, -0.05) is 13.8 Å². The van der Waals surface area contributed by atoms with Crippen LogP contribution in [0, 0.1) is 6.92 Å². The molecule has 21 heavy (non-hydrogen) atoms. The standard InChI is InChI=1S/C14H21BrN4O2/c1-5-14(6-2)12(20)16-13(21)18(14)8-10-11(15)9(4)17-19(10)7-3/h5-8H2,1-4H3,(H,16,20,21). The summed E-state index contributed by atoms with van der Waals surface area (Å²) < 4.78 is 2.77. The summed E-state index contributed by atoms with van der Waals surface area (Å²) in [4.78, 5) is 26.0. The van der Waals surface area contributed by atoms with Crippen molar-refractivity contribution < 1.29 is 9.59 Å². The maximum Gasteiger partial charge on any atom is 0.325 e. The highest BCUT2D eigenvalue weighted by Gasteiger charge is 2.50. The zero-order valence-electron chi connectivity index (χ0n) is 12.9. The summed E-state index contributed by atoms with van der Waals surface area (Å²) >= 11 is 3.54. The lowest BCUT2D eigenvalue weighted by atomic mass is 9.91. The molecule has 0 spiro atoms. The Kier molecular flexibility index (Phi) is 4.41. The van der Waals surface area contributed by atoms with Crippen LogP contribution >= 0.6 is 15.9 Å². The quantitative estimate of drug-likeness (QED) is 0.824. The number of carbonyl (C=O) groups is 2. The molecule has 2 heterocycles. The third kappa shape index (κ3) is 2.37. The Morgan fingerprint density at radius 1 is 1.24 bits per heavy atom. The molecule has 0 saturated carbocycles. The second-order valence-corrected chi connectivity index (χ2v) is 6.04. The Hall–Kier alpha value is -1.37. The number of rotatable bonds is 5. The van der Waals surface area contributed by atoms with E-state index in [0.29, 0.717) is 19.4 Å². The van der Waals surface area contributed by atoms with Gasteiger partial charge in [0, 0.05) is 6.54 Å². The fraction of sp³-hybridized carbons (Fsp3) is 0.643. The van der Waals surface area contributed by atoms with Crippen molar-refractivity contribution in [1.29, 1.82) is 0 Å². The monoisotopic (exact) mass is 356 g/mol. The molecule has 1 saturated heterocycles. The van der Waals surface area contributed by atoms with E-state index < -0.39 is 5.54 Å². The number of hydrogen-bond donors (Lipinski definition) is 1. The average Bonchev–Trinajstić information content (AvgIpc) is 2.87. The van der Waals surface area contributed by atoms with Gasteiger partial charge in [0.25, 0.3) is 5.91 Å². The smallest absolute Gasteiger partial charge is 0.304 e. The van der Waals surface area contributed by atoms with Gasteiger partial charge in [0.05, 0.1) is 22.4 Å². The van der Waals surface area contributed by atoms with Crippen LogP contribution in [0.2, 0.25) is 0 Å². The summed E-state index contributed by atoms with van der Waals surface area (Å²) in [6, 6.07) is -0.322. The van der Waals surface area contributed by atoms with E-state index >= 15 is 0 Å². The van der Waals surface area contributed by atoms with Crippen molar-refractivity contribution >= 4 is 27.9 Å². The number of imide groups is 1. The average molecular weight is 357 g/mol. The highest BCUT2D eigenvalue weighted by Crippen LogP contribution is 2.32. The van der Waals surface area contributed by atoms with Crippen molar-refractivity contribution in [1.82, 2.24) is 20.0 Å². The predicted octanol–water partition coefficient (Wildman–Crippen LogP) is 2.58. The van der Waals surface area contributed by atoms with Gasteiger partial charge >= 0.3 is 6.03 Å². The fourth-order valence-corrected chi connectivity index (χ4v) is 3.35. The molecule has 1 aromatic heterocycles. The maximum absolute atomic E-state index is 12.2. The summed E-state index contributed by atoms with van der Waals surface area (Å²) in [5, 5.41) is 6.89. The molecule has 0 aliphatic carbocycles. The van der Waals surface area contributed by atoms with Crippen molar-refractivity contribution in [2.45, 2.75) is 59.2 Å². The summed E-state index contributed by atoms with van der Waals surface area (Å²) in [5.74, 6) is -0.201. The molecule has 0 unspecified atom stereocenters. The first kappa shape index (κ1) is 16.0. The van der Waals surface area contributed by atoms with E-state index in [4.69, 9.17) is 0 Å². The molecule has 116 valence electrons. The third-order valence-corrected chi connectivity index (χ3v) is 5.37. The third-order valence-electron chi connectivity index (χ3n) is 4.34. The van der Waals surface area contributed by atoms with Crippen LogP contribution in [0.25, 0.3) is 0 Å². The molecule has 2 rings (SSSR count). The summed E-state index contributed by atoms with van der Waals surface area (Å²) in [7, 11) is 0. The number of carbonyl (C=O) groups excluding carboxylic acids is 2. The zero-order chi connectivity index (χ0) is 15.8. The van der Waals surface area contributed by atoms with Crippen molar-refractivity contribution in [3.8, 4) is 0 Å². The van der Waals surface area contributed by atoms with Crippen LogP contribution in [0.15, 0.2) is 4.47 Å². The fourth-order valence-electron chi connectivity index (χ4n) is 2.94. The topological polar surface area (TPSA) is 67.2 Å². The minimum absolute atomic E-state index is 0.201. The Labute approximate surface area is 133 Å². The SMILES string of the molecule is CCn1nc(C)c(Br)c1CN1C(=O)NC(=O)C1(CC)CC. The first-order chi connectivity index (χ1) is 9.91. The number of nitrogens with one attached hydrogen (secondary N) is 1. The molecule has 1 aliphatic rings. The lowest BCUT2D eigenvalue weighted by Crippen LogP contribution is -2.48. The van der Waals surface area contributed by atoms with Crippen LogP contribution in [0.5, 0.6) is 0 Å². The van der Waals surface area contributed by atoms with Crippen LogP contribution < -0.4 is 5.32 Å². The Bertz CT molecular complexity index is 578. The summed E-state index contributed by atoms with van der Waals surface area (Å²) in [6.45, 7) is 8.88. The number of hydrogen-bond acceptors (Lipinski definition) is 3. The largest absolute Gasteiger partial charge is 0.325 e. The predicted molar refractivity (Wildman–Crippen MR) is 82.7 cm³/mol. The molecule has 1 aliphatic heterocycles. The minimum Gasteiger partial charge on any atom is -0.304 e. The molecular formula is C14H21BrN4O2. The van der Waals surface area contributed by atoms with Crippen molar-refractivity contribution in [3.05, 3.63) is 15.9 Å². The van der Waals surface area contributed by atoms with E-state index in [0.717, 1.165) is 22.4 Å². The van der Waals surface area contributed by atoms with Crippen LogP contribution in [0.4, 0.5) is 4.79 Å². The van der Waals surface area contributed by atoms with E-state index in [1.807, 2.05) is 32.4 Å². The maximum atomic E-state index is 12.2. The van der Waals surface area contributed by atoms with Crippen LogP contribution in [-0.2, 0) is 17.9 Å². The van der Waals surface area contributed by atoms with Gasteiger partial charge in [0.15, 0.2) is 0 Å². The van der Waals surface area contributed by atoms with Gasteiger partial charge in [-0.15, -0.1) is 0 Å². The Morgan fingerprint density at radius 2 is 1.86 bits per heavy atom. The second-order valence-electron chi connectivity index (χ2n) is 5.25. The van der Waals surface area contributed by atoms with Gasteiger partial charge in [0.1, 0.15) is 5.54 Å². The zero-order valence-corrected chi connectivity index (χ0v) is 14.5. The number of nitrogens with zero attached hydrogens (tertiary/aromatic N) is 3. The van der Waals surface area contributed by atoms with E-state index in [1.54, 1.807) is 4.90 Å². The Balaban J connectivity index is 2.42. The highest BCUT2D eigenvalue weighted by atomic mass is 79.9. The minimum atomic E-state index is -0.757. The molecule has 1 N–H and O–H groups in total. The molecule has 0 atom stereocenters. The van der Waals surface area contributed by atoms with Gasteiger partial charge < -0.3 is 4.90 Å². The first-order valence-corrected chi connectivity index (χ1v) is 8.05. The molecule has 0 radical (unpaired) electrons. The number of halogens is 1. The van der Waals surface area contributed by atoms with Gasteiger partial charge in [-0.3, -0.25) is 14.8 Å². The van der Waals surface area contributed by atoms with Gasteiger partial charge in [0.2, 0.25) is 0 Å².